The summed E-state index contributed by atoms with van der Waals surface area (Å²) in [6.07, 6.45) is 0. The van der Waals surface area contributed by atoms with Crippen LogP contribution in [0.1, 0.15) is 24.2 Å². The smallest absolute Gasteiger partial charge is 0.253 e. The third kappa shape index (κ3) is 3.01. The van der Waals surface area contributed by atoms with Gasteiger partial charge in [0.1, 0.15) is 5.75 Å². The first-order chi connectivity index (χ1) is 8.70. The number of hydrogen-bond acceptors (Lipinski definition) is 3. The minimum absolute atomic E-state index is 0.103. The Morgan fingerprint density at radius 1 is 1.44 bits per heavy atom. The molecule has 0 unspecified atom stereocenters. The first kappa shape index (κ1) is 12.9. The predicted molar refractivity (Wildman–Crippen MR) is 71.0 cm³/mol. The minimum atomic E-state index is 0.103. The van der Waals surface area contributed by atoms with Gasteiger partial charge in [0.15, 0.2) is 0 Å². The number of piperazine rings is 1. The largest absolute Gasteiger partial charge is 0.494 e. The van der Waals surface area contributed by atoms with Crippen LogP contribution < -0.4 is 10.1 Å². The fourth-order valence-corrected chi connectivity index (χ4v) is 2.16. The van der Waals surface area contributed by atoms with E-state index in [4.69, 9.17) is 4.74 Å². The molecule has 1 atom stereocenters. The topological polar surface area (TPSA) is 41.6 Å². The number of benzene rings is 1. The van der Waals surface area contributed by atoms with Crippen LogP contribution in [0.15, 0.2) is 24.3 Å². The Morgan fingerprint density at radius 3 is 2.78 bits per heavy atom. The zero-order valence-electron chi connectivity index (χ0n) is 11.0. The first-order valence-corrected chi connectivity index (χ1v) is 6.46. The lowest BCUT2D eigenvalue weighted by Crippen LogP contribution is -2.51. The van der Waals surface area contributed by atoms with Crippen LogP contribution in [0.2, 0.25) is 0 Å². The standard InChI is InChI=1S/C14H20N2O2/c1-3-18-13-6-4-12(5-7-13)14(17)16-9-8-15-11(2)10-16/h4-7,11,15H,3,8-10H2,1-2H3/t11-/m0/s1. The number of amides is 1. The molecule has 0 saturated carbocycles. The van der Waals surface area contributed by atoms with Crippen LogP contribution in [0.4, 0.5) is 0 Å². The molecule has 1 aliphatic rings. The van der Waals surface area contributed by atoms with Gasteiger partial charge in [-0.2, -0.15) is 0 Å². The van der Waals surface area contributed by atoms with E-state index in [1.54, 1.807) is 0 Å². The summed E-state index contributed by atoms with van der Waals surface area (Å²) in [4.78, 5) is 14.2. The second-order valence-electron chi connectivity index (χ2n) is 4.56. The Morgan fingerprint density at radius 2 is 2.17 bits per heavy atom. The number of carbonyl (C=O) groups excluding carboxylic acids is 1. The van der Waals surface area contributed by atoms with E-state index in [1.807, 2.05) is 36.1 Å². The van der Waals surface area contributed by atoms with Crippen molar-refractivity contribution < 1.29 is 9.53 Å². The van der Waals surface area contributed by atoms with E-state index in [-0.39, 0.29) is 5.91 Å². The average molecular weight is 248 g/mol. The second-order valence-corrected chi connectivity index (χ2v) is 4.56. The molecule has 4 heteroatoms. The van der Waals surface area contributed by atoms with Crippen molar-refractivity contribution in [2.45, 2.75) is 19.9 Å². The van der Waals surface area contributed by atoms with E-state index in [9.17, 15) is 4.79 Å². The van der Waals surface area contributed by atoms with Gasteiger partial charge in [-0.05, 0) is 38.1 Å². The summed E-state index contributed by atoms with van der Waals surface area (Å²) in [5.41, 5.74) is 0.729. The molecule has 0 bridgehead atoms. The fraction of sp³-hybridized carbons (Fsp3) is 0.500. The second kappa shape index (κ2) is 5.87. The summed E-state index contributed by atoms with van der Waals surface area (Å²) in [6, 6.07) is 7.73. The van der Waals surface area contributed by atoms with Gasteiger partial charge in [0.2, 0.25) is 0 Å². The molecular formula is C14H20N2O2. The molecule has 1 fully saturated rings. The van der Waals surface area contributed by atoms with Crippen LogP contribution in [0.3, 0.4) is 0 Å². The third-order valence-electron chi connectivity index (χ3n) is 3.07. The number of ether oxygens (including phenoxy) is 1. The summed E-state index contributed by atoms with van der Waals surface area (Å²) in [5, 5.41) is 3.33. The van der Waals surface area contributed by atoms with Crippen molar-refractivity contribution in [3.05, 3.63) is 29.8 Å². The normalized spacial score (nSPS) is 19.7. The molecule has 98 valence electrons. The number of carbonyl (C=O) groups is 1. The maximum absolute atomic E-state index is 12.3. The molecule has 18 heavy (non-hydrogen) atoms. The molecule has 1 aromatic rings. The van der Waals surface area contributed by atoms with E-state index in [2.05, 4.69) is 12.2 Å². The van der Waals surface area contributed by atoms with Crippen LogP contribution in [0.25, 0.3) is 0 Å². The van der Waals surface area contributed by atoms with Crippen LogP contribution in [-0.2, 0) is 0 Å². The summed E-state index contributed by atoms with van der Waals surface area (Å²) < 4.78 is 5.37. The lowest BCUT2D eigenvalue weighted by atomic mass is 10.1. The average Bonchev–Trinajstić information content (AvgIpc) is 2.39. The lowest BCUT2D eigenvalue weighted by molar-refractivity contribution is 0.0709. The highest BCUT2D eigenvalue weighted by atomic mass is 16.5. The molecule has 0 aliphatic carbocycles. The van der Waals surface area contributed by atoms with Crippen molar-refractivity contribution in [1.82, 2.24) is 10.2 Å². The molecule has 1 aromatic carbocycles. The van der Waals surface area contributed by atoms with Gasteiger partial charge in [-0.15, -0.1) is 0 Å². The van der Waals surface area contributed by atoms with E-state index < -0.39 is 0 Å². The Labute approximate surface area is 108 Å². The van der Waals surface area contributed by atoms with Crippen LogP contribution in [0, 0.1) is 0 Å². The minimum Gasteiger partial charge on any atom is -0.494 e. The van der Waals surface area contributed by atoms with Gasteiger partial charge in [0.25, 0.3) is 5.91 Å². The van der Waals surface area contributed by atoms with Crippen molar-refractivity contribution in [1.29, 1.82) is 0 Å². The van der Waals surface area contributed by atoms with Gasteiger partial charge in [0, 0.05) is 31.2 Å². The Kier molecular flexibility index (Phi) is 4.20. The molecule has 0 spiro atoms. The lowest BCUT2D eigenvalue weighted by Gasteiger charge is -2.32. The van der Waals surface area contributed by atoms with Crippen LogP contribution in [0.5, 0.6) is 5.75 Å². The molecular weight excluding hydrogens is 228 g/mol. The van der Waals surface area contributed by atoms with Gasteiger partial charge in [-0.3, -0.25) is 4.79 Å². The predicted octanol–water partition coefficient (Wildman–Crippen LogP) is 1.52. The SMILES string of the molecule is CCOc1ccc(C(=O)N2CCN[C@@H](C)C2)cc1. The van der Waals surface area contributed by atoms with Crippen molar-refractivity contribution in [3.63, 3.8) is 0 Å². The quantitative estimate of drug-likeness (QED) is 0.881. The molecule has 1 saturated heterocycles. The van der Waals surface area contributed by atoms with Gasteiger partial charge >= 0.3 is 0 Å². The maximum atomic E-state index is 12.3. The third-order valence-corrected chi connectivity index (χ3v) is 3.07. The molecule has 4 nitrogen and oxygen atoms in total. The number of hydrogen-bond donors (Lipinski definition) is 1. The summed E-state index contributed by atoms with van der Waals surface area (Å²) in [7, 11) is 0. The Hall–Kier alpha value is -1.55. The van der Waals surface area contributed by atoms with E-state index in [0.29, 0.717) is 12.6 Å². The van der Waals surface area contributed by atoms with Crippen molar-refractivity contribution >= 4 is 5.91 Å². The van der Waals surface area contributed by atoms with E-state index in [0.717, 1.165) is 30.9 Å². The zero-order valence-corrected chi connectivity index (χ0v) is 11.0. The Balaban J connectivity index is 2.03. The van der Waals surface area contributed by atoms with Gasteiger partial charge < -0.3 is 15.0 Å². The molecule has 0 radical (unpaired) electrons. The van der Waals surface area contributed by atoms with Crippen LogP contribution in [-0.4, -0.2) is 43.1 Å². The molecule has 0 aromatic heterocycles. The first-order valence-electron chi connectivity index (χ1n) is 6.46. The van der Waals surface area contributed by atoms with E-state index in [1.165, 1.54) is 0 Å². The monoisotopic (exact) mass is 248 g/mol. The number of rotatable bonds is 3. The van der Waals surface area contributed by atoms with E-state index >= 15 is 0 Å². The maximum Gasteiger partial charge on any atom is 0.253 e. The summed E-state index contributed by atoms with van der Waals surface area (Å²) in [6.45, 7) is 7.09. The van der Waals surface area contributed by atoms with Crippen LogP contribution >= 0.6 is 0 Å². The van der Waals surface area contributed by atoms with Gasteiger partial charge in [-0.25, -0.2) is 0 Å². The molecule has 1 amide bonds. The van der Waals surface area contributed by atoms with Gasteiger partial charge in [0.05, 0.1) is 6.61 Å². The highest BCUT2D eigenvalue weighted by Crippen LogP contribution is 2.14. The van der Waals surface area contributed by atoms with Crippen molar-refractivity contribution in [2.24, 2.45) is 0 Å². The summed E-state index contributed by atoms with van der Waals surface area (Å²) >= 11 is 0. The van der Waals surface area contributed by atoms with Gasteiger partial charge in [-0.1, -0.05) is 0 Å². The molecule has 1 N–H and O–H groups in total. The number of nitrogens with one attached hydrogen (secondary N) is 1. The molecule has 2 rings (SSSR count). The van der Waals surface area contributed by atoms with Crippen molar-refractivity contribution in [3.8, 4) is 5.75 Å². The summed E-state index contributed by atoms with van der Waals surface area (Å²) in [5.74, 6) is 0.911. The van der Waals surface area contributed by atoms with Crippen molar-refractivity contribution in [2.75, 3.05) is 26.2 Å². The highest BCUT2D eigenvalue weighted by Gasteiger charge is 2.21. The fourth-order valence-electron chi connectivity index (χ4n) is 2.16. The Bertz CT molecular complexity index is 403. The highest BCUT2D eigenvalue weighted by molar-refractivity contribution is 5.94. The number of nitrogens with zero attached hydrogens (tertiary/aromatic N) is 1. The molecule has 1 aliphatic heterocycles. The zero-order chi connectivity index (χ0) is 13.0. The molecule has 1 heterocycles.